The number of nitrogen functional groups attached to an aromatic ring is 1. The van der Waals surface area contributed by atoms with E-state index in [1.54, 1.807) is 24.3 Å². The van der Waals surface area contributed by atoms with Gasteiger partial charge in [0.05, 0.1) is 5.56 Å². The third-order valence-corrected chi connectivity index (χ3v) is 2.37. The number of Topliss-reactive ketones (excluding diaryl/α,β-unsaturated/α-hetero) is 1. The zero-order chi connectivity index (χ0) is 14.5. The van der Waals surface area contributed by atoms with Crippen molar-refractivity contribution in [2.75, 3.05) is 11.1 Å². The quantitative estimate of drug-likeness (QED) is 0.644. The topological polar surface area (TPSA) is 85.3 Å². The Morgan fingerprint density at radius 2 is 1.95 bits per heavy atom. The first-order valence-corrected chi connectivity index (χ1v) is 5.82. The number of rotatable bonds is 2. The molecular weight excluding hydrogens is 256 g/mol. The zero-order valence-corrected chi connectivity index (χ0v) is 10.8. The Kier molecular flexibility index (Phi) is 3.87. The lowest BCUT2D eigenvalue weighted by Crippen LogP contribution is -2.10. The molecule has 2 rings (SSSR count). The average Bonchev–Trinajstić information content (AvgIpc) is 2.88. The first kappa shape index (κ1) is 13.4. The third-order valence-electron chi connectivity index (χ3n) is 2.37. The Hall–Kier alpha value is -3.00. The molecule has 0 aliphatic carbocycles. The molecule has 0 atom stereocenters. The SMILES string of the molecule is CC(=O)C#Cc1coc(C(=O)Nc2ccc(N)cc2)c1. The molecule has 5 heteroatoms. The number of benzene rings is 1. The molecule has 5 nitrogen and oxygen atoms in total. The van der Waals surface area contributed by atoms with Crippen LogP contribution in [0, 0.1) is 11.8 Å². The van der Waals surface area contributed by atoms with Crippen LogP contribution in [0.3, 0.4) is 0 Å². The second-order valence-electron chi connectivity index (χ2n) is 4.08. The van der Waals surface area contributed by atoms with Gasteiger partial charge in [0.1, 0.15) is 6.26 Å². The highest BCUT2D eigenvalue weighted by Crippen LogP contribution is 2.13. The van der Waals surface area contributed by atoms with Crippen LogP contribution >= 0.6 is 0 Å². The molecule has 2 aromatic rings. The number of hydrogen-bond acceptors (Lipinski definition) is 4. The molecule has 1 amide bonds. The van der Waals surface area contributed by atoms with Gasteiger partial charge in [-0.3, -0.25) is 9.59 Å². The van der Waals surface area contributed by atoms with Crippen molar-refractivity contribution in [3.05, 3.63) is 47.9 Å². The van der Waals surface area contributed by atoms with Gasteiger partial charge in [0.25, 0.3) is 5.91 Å². The number of amides is 1. The van der Waals surface area contributed by atoms with Gasteiger partial charge in [-0.15, -0.1) is 0 Å². The summed E-state index contributed by atoms with van der Waals surface area (Å²) in [4.78, 5) is 22.6. The van der Waals surface area contributed by atoms with Crippen molar-refractivity contribution >= 4 is 23.1 Å². The minimum Gasteiger partial charge on any atom is -0.458 e. The molecule has 0 bridgehead atoms. The number of ketones is 1. The van der Waals surface area contributed by atoms with Crippen molar-refractivity contribution in [2.45, 2.75) is 6.92 Å². The molecular formula is C15H12N2O3. The highest BCUT2D eigenvalue weighted by molar-refractivity contribution is 6.02. The minimum atomic E-state index is -0.398. The molecule has 0 radical (unpaired) electrons. The lowest BCUT2D eigenvalue weighted by Gasteiger charge is -2.02. The van der Waals surface area contributed by atoms with Crippen LogP contribution in [-0.4, -0.2) is 11.7 Å². The summed E-state index contributed by atoms with van der Waals surface area (Å²) >= 11 is 0. The number of hydrogen-bond donors (Lipinski definition) is 2. The zero-order valence-electron chi connectivity index (χ0n) is 10.8. The van der Waals surface area contributed by atoms with Crippen molar-refractivity contribution in [2.24, 2.45) is 0 Å². The van der Waals surface area contributed by atoms with E-state index in [2.05, 4.69) is 17.2 Å². The van der Waals surface area contributed by atoms with E-state index >= 15 is 0 Å². The smallest absolute Gasteiger partial charge is 0.291 e. The van der Waals surface area contributed by atoms with Gasteiger partial charge in [0, 0.05) is 24.4 Å². The summed E-state index contributed by atoms with van der Waals surface area (Å²) in [5.74, 6) is 4.45. The summed E-state index contributed by atoms with van der Waals surface area (Å²) in [6.45, 7) is 1.36. The van der Waals surface area contributed by atoms with E-state index in [4.69, 9.17) is 10.2 Å². The first-order chi connectivity index (χ1) is 9.54. The van der Waals surface area contributed by atoms with Crippen molar-refractivity contribution in [3.63, 3.8) is 0 Å². The number of carbonyl (C=O) groups excluding carboxylic acids is 2. The van der Waals surface area contributed by atoms with Crippen LogP contribution in [0.15, 0.2) is 41.0 Å². The van der Waals surface area contributed by atoms with E-state index in [0.717, 1.165) is 0 Å². The fraction of sp³-hybridized carbons (Fsp3) is 0.0667. The Morgan fingerprint density at radius 1 is 1.25 bits per heavy atom. The minimum absolute atomic E-state index is 0.120. The summed E-state index contributed by atoms with van der Waals surface area (Å²) < 4.78 is 5.10. The van der Waals surface area contributed by atoms with Crippen LogP contribution < -0.4 is 11.1 Å². The fourth-order valence-electron chi connectivity index (χ4n) is 1.44. The molecule has 0 aliphatic rings. The van der Waals surface area contributed by atoms with Gasteiger partial charge in [-0.2, -0.15) is 0 Å². The van der Waals surface area contributed by atoms with Crippen LogP contribution in [0.2, 0.25) is 0 Å². The fourth-order valence-corrected chi connectivity index (χ4v) is 1.44. The van der Waals surface area contributed by atoms with Crippen molar-refractivity contribution in [3.8, 4) is 11.8 Å². The highest BCUT2D eigenvalue weighted by atomic mass is 16.3. The van der Waals surface area contributed by atoms with Gasteiger partial charge in [-0.25, -0.2) is 0 Å². The standard InChI is InChI=1S/C15H12N2O3/c1-10(18)2-3-11-8-14(20-9-11)15(19)17-13-6-4-12(16)5-7-13/h4-9H,16H2,1H3,(H,17,19). The van der Waals surface area contributed by atoms with E-state index in [0.29, 0.717) is 16.9 Å². The molecule has 0 saturated carbocycles. The summed E-state index contributed by atoms with van der Waals surface area (Å²) in [6, 6.07) is 8.21. The molecule has 1 aromatic heterocycles. The summed E-state index contributed by atoms with van der Waals surface area (Å²) in [5.41, 5.74) is 7.25. The summed E-state index contributed by atoms with van der Waals surface area (Å²) in [5, 5.41) is 2.66. The Labute approximate surface area is 115 Å². The molecule has 0 fully saturated rings. The normalized spacial score (nSPS) is 9.45. The molecule has 0 saturated heterocycles. The molecule has 0 unspecified atom stereocenters. The van der Waals surface area contributed by atoms with Crippen molar-refractivity contribution in [1.82, 2.24) is 0 Å². The first-order valence-electron chi connectivity index (χ1n) is 5.82. The van der Waals surface area contributed by atoms with Crippen molar-refractivity contribution < 1.29 is 14.0 Å². The van der Waals surface area contributed by atoms with Crippen LogP contribution in [0.25, 0.3) is 0 Å². The van der Waals surface area contributed by atoms with Crippen LogP contribution in [0.1, 0.15) is 23.0 Å². The molecule has 0 spiro atoms. The predicted octanol–water partition coefficient (Wildman–Crippen LogP) is 2.05. The number of anilines is 2. The average molecular weight is 268 g/mol. The predicted molar refractivity (Wildman–Crippen MR) is 75.1 cm³/mol. The maximum Gasteiger partial charge on any atom is 0.291 e. The van der Waals surface area contributed by atoms with E-state index < -0.39 is 5.91 Å². The number of nitrogens with one attached hydrogen (secondary N) is 1. The van der Waals surface area contributed by atoms with Gasteiger partial charge in [0.2, 0.25) is 5.78 Å². The van der Waals surface area contributed by atoms with Gasteiger partial charge in [-0.05, 0) is 30.2 Å². The van der Waals surface area contributed by atoms with Gasteiger partial charge >= 0.3 is 0 Å². The number of nitrogens with two attached hydrogens (primary N) is 1. The number of carbonyl (C=O) groups is 2. The number of furan rings is 1. The van der Waals surface area contributed by atoms with Crippen LogP contribution in [0.5, 0.6) is 0 Å². The maximum absolute atomic E-state index is 11.9. The second-order valence-corrected chi connectivity index (χ2v) is 4.08. The highest BCUT2D eigenvalue weighted by Gasteiger charge is 2.10. The van der Waals surface area contributed by atoms with E-state index in [-0.39, 0.29) is 11.5 Å². The lowest BCUT2D eigenvalue weighted by atomic mass is 10.2. The molecule has 20 heavy (non-hydrogen) atoms. The monoisotopic (exact) mass is 268 g/mol. The maximum atomic E-state index is 11.9. The van der Waals surface area contributed by atoms with Crippen LogP contribution in [0.4, 0.5) is 11.4 Å². The van der Waals surface area contributed by atoms with Gasteiger partial charge < -0.3 is 15.5 Å². The van der Waals surface area contributed by atoms with Crippen molar-refractivity contribution in [1.29, 1.82) is 0 Å². The largest absolute Gasteiger partial charge is 0.458 e. The third kappa shape index (κ3) is 3.50. The molecule has 0 aliphatic heterocycles. The molecule has 1 aromatic carbocycles. The second kappa shape index (κ2) is 5.76. The Balaban J connectivity index is 2.08. The van der Waals surface area contributed by atoms with Crippen LogP contribution in [-0.2, 0) is 4.79 Å². The Bertz CT molecular complexity index is 703. The molecule has 100 valence electrons. The summed E-state index contributed by atoms with van der Waals surface area (Å²) in [7, 11) is 0. The van der Waals surface area contributed by atoms with E-state index in [9.17, 15) is 9.59 Å². The lowest BCUT2D eigenvalue weighted by molar-refractivity contribution is -0.111. The van der Waals surface area contributed by atoms with Gasteiger partial charge in [0.15, 0.2) is 5.76 Å². The molecule has 3 N–H and O–H groups in total. The van der Waals surface area contributed by atoms with Gasteiger partial charge in [-0.1, -0.05) is 5.92 Å². The Morgan fingerprint density at radius 3 is 2.60 bits per heavy atom. The van der Waals surface area contributed by atoms with E-state index in [1.165, 1.54) is 19.3 Å². The molecule has 1 heterocycles. The van der Waals surface area contributed by atoms with E-state index in [1.807, 2.05) is 0 Å². The summed E-state index contributed by atoms with van der Waals surface area (Å²) in [6.07, 6.45) is 1.33.